The summed E-state index contributed by atoms with van der Waals surface area (Å²) in [5.41, 5.74) is 2.15. The SMILES string of the molecule is CCCCCCCNc1cccc(N2CCCC2=O)c1. The second-order valence-corrected chi connectivity index (χ2v) is 5.54. The van der Waals surface area contributed by atoms with Gasteiger partial charge in [-0.1, -0.05) is 38.7 Å². The van der Waals surface area contributed by atoms with E-state index in [1.54, 1.807) is 0 Å². The van der Waals surface area contributed by atoms with Gasteiger partial charge in [0.05, 0.1) is 0 Å². The van der Waals surface area contributed by atoms with Crippen LogP contribution in [0.3, 0.4) is 0 Å². The number of rotatable bonds is 8. The Morgan fingerprint density at radius 1 is 1.20 bits per heavy atom. The van der Waals surface area contributed by atoms with Gasteiger partial charge < -0.3 is 10.2 Å². The molecular formula is C17H26N2O. The summed E-state index contributed by atoms with van der Waals surface area (Å²) in [6.07, 6.45) is 8.15. The highest BCUT2D eigenvalue weighted by Crippen LogP contribution is 2.24. The van der Waals surface area contributed by atoms with Gasteiger partial charge in [0.1, 0.15) is 0 Å². The molecule has 2 rings (SSSR count). The van der Waals surface area contributed by atoms with Crippen molar-refractivity contribution in [1.82, 2.24) is 0 Å². The molecule has 0 unspecified atom stereocenters. The van der Waals surface area contributed by atoms with Crippen molar-refractivity contribution in [2.24, 2.45) is 0 Å². The molecule has 0 saturated carbocycles. The summed E-state index contributed by atoms with van der Waals surface area (Å²) in [4.78, 5) is 13.6. The highest BCUT2D eigenvalue weighted by atomic mass is 16.2. The smallest absolute Gasteiger partial charge is 0.227 e. The van der Waals surface area contributed by atoms with Crippen LogP contribution in [0.1, 0.15) is 51.9 Å². The number of carbonyl (C=O) groups excluding carboxylic acids is 1. The van der Waals surface area contributed by atoms with Crippen molar-refractivity contribution >= 4 is 17.3 Å². The molecule has 1 saturated heterocycles. The Labute approximate surface area is 122 Å². The van der Waals surface area contributed by atoms with E-state index in [0.29, 0.717) is 6.42 Å². The monoisotopic (exact) mass is 274 g/mol. The van der Waals surface area contributed by atoms with Crippen LogP contribution in [0.25, 0.3) is 0 Å². The van der Waals surface area contributed by atoms with E-state index in [1.165, 1.54) is 32.1 Å². The van der Waals surface area contributed by atoms with Crippen molar-refractivity contribution in [2.45, 2.75) is 51.9 Å². The van der Waals surface area contributed by atoms with Crippen molar-refractivity contribution < 1.29 is 4.79 Å². The number of hydrogen-bond acceptors (Lipinski definition) is 2. The second kappa shape index (κ2) is 7.93. The summed E-state index contributed by atoms with van der Waals surface area (Å²) in [7, 11) is 0. The van der Waals surface area contributed by atoms with Gasteiger partial charge in [-0.3, -0.25) is 4.79 Å². The van der Waals surface area contributed by atoms with Crippen molar-refractivity contribution in [3.8, 4) is 0 Å². The molecule has 1 aliphatic rings. The molecular weight excluding hydrogens is 248 g/mol. The first-order valence-electron chi connectivity index (χ1n) is 7.95. The summed E-state index contributed by atoms with van der Waals surface area (Å²) in [5, 5.41) is 3.46. The van der Waals surface area contributed by atoms with Crippen LogP contribution < -0.4 is 10.2 Å². The molecule has 1 N–H and O–H groups in total. The number of anilines is 2. The highest BCUT2D eigenvalue weighted by Gasteiger charge is 2.21. The van der Waals surface area contributed by atoms with E-state index >= 15 is 0 Å². The summed E-state index contributed by atoms with van der Waals surface area (Å²) in [6.45, 7) is 4.11. The summed E-state index contributed by atoms with van der Waals surface area (Å²) >= 11 is 0. The topological polar surface area (TPSA) is 32.3 Å². The zero-order valence-electron chi connectivity index (χ0n) is 12.5. The number of nitrogens with zero attached hydrogens (tertiary/aromatic N) is 1. The van der Waals surface area contributed by atoms with Gasteiger partial charge in [0.15, 0.2) is 0 Å². The van der Waals surface area contributed by atoms with E-state index in [-0.39, 0.29) is 5.91 Å². The van der Waals surface area contributed by atoms with E-state index in [4.69, 9.17) is 0 Å². The molecule has 1 aliphatic heterocycles. The molecule has 0 radical (unpaired) electrons. The molecule has 0 aliphatic carbocycles. The Morgan fingerprint density at radius 2 is 2.05 bits per heavy atom. The quantitative estimate of drug-likeness (QED) is 0.721. The van der Waals surface area contributed by atoms with Gasteiger partial charge in [0, 0.05) is 30.9 Å². The van der Waals surface area contributed by atoms with Crippen LogP contribution in [0, 0.1) is 0 Å². The van der Waals surface area contributed by atoms with Crippen molar-refractivity contribution in [1.29, 1.82) is 0 Å². The number of unbranched alkanes of at least 4 members (excludes halogenated alkanes) is 4. The van der Waals surface area contributed by atoms with Crippen LogP contribution >= 0.6 is 0 Å². The summed E-state index contributed by atoms with van der Waals surface area (Å²) in [6, 6.07) is 8.22. The minimum atomic E-state index is 0.252. The third-order valence-electron chi connectivity index (χ3n) is 3.84. The molecule has 1 aromatic rings. The summed E-state index contributed by atoms with van der Waals surface area (Å²) < 4.78 is 0. The Bertz CT molecular complexity index is 431. The van der Waals surface area contributed by atoms with Crippen molar-refractivity contribution in [3.05, 3.63) is 24.3 Å². The zero-order valence-corrected chi connectivity index (χ0v) is 12.5. The maximum atomic E-state index is 11.8. The van der Waals surface area contributed by atoms with Gasteiger partial charge in [0.25, 0.3) is 0 Å². The molecule has 1 amide bonds. The highest BCUT2D eigenvalue weighted by molar-refractivity contribution is 5.95. The fourth-order valence-electron chi connectivity index (χ4n) is 2.67. The van der Waals surface area contributed by atoms with E-state index in [2.05, 4.69) is 24.4 Å². The van der Waals surface area contributed by atoms with Crippen molar-refractivity contribution in [2.75, 3.05) is 23.3 Å². The fraction of sp³-hybridized carbons (Fsp3) is 0.588. The first-order valence-corrected chi connectivity index (χ1v) is 7.95. The van der Waals surface area contributed by atoms with Crippen LogP contribution in [-0.4, -0.2) is 19.0 Å². The molecule has 1 heterocycles. The minimum absolute atomic E-state index is 0.252. The van der Waals surface area contributed by atoms with Gasteiger partial charge in [-0.15, -0.1) is 0 Å². The normalized spacial score (nSPS) is 14.8. The van der Waals surface area contributed by atoms with Gasteiger partial charge >= 0.3 is 0 Å². The molecule has 3 heteroatoms. The Kier molecular flexibility index (Phi) is 5.90. The molecule has 110 valence electrons. The van der Waals surface area contributed by atoms with E-state index in [0.717, 1.165) is 30.9 Å². The lowest BCUT2D eigenvalue weighted by Gasteiger charge is -2.17. The van der Waals surface area contributed by atoms with Crippen LogP contribution in [0.2, 0.25) is 0 Å². The van der Waals surface area contributed by atoms with Crippen LogP contribution in [-0.2, 0) is 4.79 Å². The third kappa shape index (κ3) is 4.26. The number of carbonyl (C=O) groups is 1. The van der Waals surface area contributed by atoms with Gasteiger partial charge in [-0.05, 0) is 31.0 Å². The van der Waals surface area contributed by atoms with Gasteiger partial charge in [-0.2, -0.15) is 0 Å². The van der Waals surface area contributed by atoms with Gasteiger partial charge in [0.2, 0.25) is 5.91 Å². The van der Waals surface area contributed by atoms with Crippen molar-refractivity contribution in [3.63, 3.8) is 0 Å². The third-order valence-corrected chi connectivity index (χ3v) is 3.84. The number of benzene rings is 1. The standard InChI is InChI=1S/C17H26N2O/c1-2-3-4-5-6-12-18-15-9-7-10-16(14-15)19-13-8-11-17(19)20/h7,9-10,14,18H,2-6,8,11-13H2,1H3. The minimum Gasteiger partial charge on any atom is -0.385 e. The molecule has 1 fully saturated rings. The lowest BCUT2D eigenvalue weighted by atomic mass is 10.1. The number of amides is 1. The number of hydrogen-bond donors (Lipinski definition) is 1. The van der Waals surface area contributed by atoms with E-state index in [9.17, 15) is 4.79 Å². The maximum Gasteiger partial charge on any atom is 0.227 e. The average Bonchev–Trinajstić information content (AvgIpc) is 2.89. The first-order chi connectivity index (χ1) is 9.81. The molecule has 0 spiro atoms. The van der Waals surface area contributed by atoms with Gasteiger partial charge in [-0.25, -0.2) is 0 Å². The predicted molar refractivity (Wildman–Crippen MR) is 85.3 cm³/mol. The lowest BCUT2D eigenvalue weighted by Crippen LogP contribution is -2.23. The average molecular weight is 274 g/mol. The molecule has 20 heavy (non-hydrogen) atoms. The Morgan fingerprint density at radius 3 is 2.80 bits per heavy atom. The molecule has 0 bridgehead atoms. The zero-order chi connectivity index (χ0) is 14.2. The lowest BCUT2D eigenvalue weighted by molar-refractivity contribution is -0.117. The number of nitrogens with one attached hydrogen (secondary N) is 1. The Balaban J connectivity index is 1.79. The van der Waals surface area contributed by atoms with Crippen LogP contribution in [0.15, 0.2) is 24.3 Å². The summed E-state index contributed by atoms with van der Waals surface area (Å²) in [5.74, 6) is 0.252. The van der Waals surface area contributed by atoms with E-state index < -0.39 is 0 Å². The van der Waals surface area contributed by atoms with Crippen LogP contribution in [0.5, 0.6) is 0 Å². The van der Waals surface area contributed by atoms with E-state index in [1.807, 2.05) is 17.0 Å². The second-order valence-electron chi connectivity index (χ2n) is 5.54. The maximum absolute atomic E-state index is 11.8. The predicted octanol–water partition coefficient (Wildman–Crippen LogP) is 4.20. The van der Waals surface area contributed by atoms with Crippen LogP contribution in [0.4, 0.5) is 11.4 Å². The largest absolute Gasteiger partial charge is 0.385 e. The fourth-order valence-corrected chi connectivity index (χ4v) is 2.67. The molecule has 0 aromatic heterocycles. The Hall–Kier alpha value is -1.51. The first kappa shape index (κ1) is 14.9. The molecule has 1 aromatic carbocycles. The molecule has 0 atom stereocenters. The molecule has 3 nitrogen and oxygen atoms in total.